The molecule has 0 saturated carbocycles. The van der Waals surface area contributed by atoms with Crippen molar-refractivity contribution in [3.05, 3.63) is 28.8 Å². The number of nitrogens with one attached hydrogen (secondary N) is 1. The van der Waals surface area contributed by atoms with Crippen molar-refractivity contribution in [2.45, 2.75) is 45.1 Å². The van der Waals surface area contributed by atoms with Crippen molar-refractivity contribution in [2.75, 3.05) is 13.1 Å². The van der Waals surface area contributed by atoms with Crippen LogP contribution in [0.15, 0.2) is 18.2 Å². The molecule has 1 aliphatic heterocycles. The fourth-order valence-electron chi connectivity index (χ4n) is 2.25. The van der Waals surface area contributed by atoms with Crippen LogP contribution in [0.3, 0.4) is 0 Å². The summed E-state index contributed by atoms with van der Waals surface area (Å²) in [5, 5.41) is 4.08. The number of halogens is 1. The first-order valence-electron chi connectivity index (χ1n) is 6.87. The average Bonchev–Trinajstić information content (AvgIpc) is 2.41. The lowest BCUT2D eigenvalue weighted by Gasteiger charge is -2.24. The smallest absolute Gasteiger partial charge is 0.138 e. The van der Waals surface area contributed by atoms with E-state index in [0.29, 0.717) is 12.0 Å². The average molecular weight is 268 g/mol. The molecule has 1 aromatic rings. The number of hydrogen-bond acceptors (Lipinski definition) is 2. The van der Waals surface area contributed by atoms with Gasteiger partial charge in [-0.3, -0.25) is 0 Å². The lowest BCUT2D eigenvalue weighted by molar-refractivity contribution is 0.162. The van der Waals surface area contributed by atoms with Gasteiger partial charge in [-0.15, -0.1) is 0 Å². The molecule has 1 fully saturated rings. The molecule has 1 atom stereocenters. The Hall–Kier alpha value is -0.730. The molecule has 1 heterocycles. The summed E-state index contributed by atoms with van der Waals surface area (Å²) < 4.78 is 5.98. The van der Waals surface area contributed by atoms with Crippen LogP contribution >= 0.6 is 11.6 Å². The summed E-state index contributed by atoms with van der Waals surface area (Å²) in [5.41, 5.74) is 1.29. The van der Waals surface area contributed by atoms with E-state index in [9.17, 15) is 0 Å². The second kappa shape index (κ2) is 6.44. The maximum atomic E-state index is 6.31. The van der Waals surface area contributed by atoms with Gasteiger partial charge in [0, 0.05) is 0 Å². The Morgan fingerprint density at radius 1 is 1.39 bits per heavy atom. The molecule has 0 amide bonds. The van der Waals surface area contributed by atoms with Crippen LogP contribution in [0.5, 0.6) is 5.75 Å². The highest BCUT2D eigenvalue weighted by Crippen LogP contribution is 2.31. The molecule has 1 N–H and O–H groups in total. The summed E-state index contributed by atoms with van der Waals surface area (Å²) in [6, 6.07) is 6.20. The van der Waals surface area contributed by atoms with Gasteiger partial charge in [-0.25, -0.2) is 0 Å². The Balaban J connectivity index is 2.04. The van der Waals surface area contributed by atoms with Gasteiger partial charge in [0.2, 0.25) is 0 Å². The molecule has 2 rings (SSSR count). The van der Waals surface area contributed by atoms with E-state index in [1.54, 1.807) is 0 Å². The summed E-state index contributed by atoms with van der Waals surface area (Å²) in [7, 11) is 0. The van der Waals surface area contributed by atoms with Crippen molar-refractivity contribution in [2.24, 2.45) is 0 Å². The van der Waals surface area contributed by atoms with E-state index >= 15 is 0 Å². The van der Waals surface area contributed by atoms with Crippen molar-refractivity contribution < 1.29 is 4.74 Å². The van der Waals surface area contributed by atoms with Crippen LogP contribution in [0, 0.1) is 0 Å². The second-order valence-electron chi connectivity index (χ2n) is 5.07. The first kappa shape index (κ1) is 13.7. The lowest BCUT2D eigenvalue weighted by Crippen LogP contribution is -2.34. The highest BCUT2D eigenvalue weighted by atomic mass is 35.5. The van der Waals surface area contributed by atoms with Crippen LogP contribution in [0.2, 0.25) is 5.02 Å². The van der Waals surface area contributed by atoms with Crippen molar-refractivity contribution in [1.82, 2.24) is 5.32 Å². The first-order chi connectivity index (χ1) is 8.70. The molecular weight excluding hydrogens is 246 g/mol. The molecular formula is C15H22ClNO. The third kappa shape index (κ3) is 3.39. The SMILES string of the molecule is CC[C@@H](C)c1ccc(OC2CCNCC2)c(Cl)c1. The Morgan fingerprint density at radius 3 is 2.72 bits per heavy atom. The summed E-state index contributed by atoms with van der Waals surface area (Å²) in [6.45, 7) is 6.48. The fourth-order valence-corrected chi connectivity index (χ4v) is 2.48. The molecule has 1 saturated heterocycles. The molecule has 2 nitrogen and oxygen atoms in total. The summed E-state index contributed by atoms with van der Waals surface area (Å²) in [4.78, 5) is 0. The first-order valence-corrected chi connectivity index (χ1v) is 7.25. The van der Waals surface area contributed by atoms with Crippen molar-refractivity contribution in [3.63, 3.8) is 0 Å². The van der Waals surface area contributed by atoms with Crippen LogP contribution in [0.1, 0.15) is 44.6 Å². The predicted octanol–water partition coefficient (Wildman–Crippen LogP) is 3.98. The Labute approximate surface area is 115 Å². The Bertz CT molecular complexity index is 388. The minimum absolute atomic E-state index is 0.304. The highest BCUT2D eigenvalue weighted by molar-refractivity contribution is 6.32. The van der Waals surface area contributed by atoms with Gasteiger partial charge < -0.3 is 10.1 Å². The van der Waals surface area contributed by atoms with Crippen molar-refractivity contribution in [3.8, 4) is 5.75 Å². The summed E-state index contributed by atoms with van der Waals surface area (Å²) in [5.74, 6) is 1.38. The maximum Gasteiger partial charge on any atom is 0.138 e. The third-order valence-electron chi connectivity index (χ3n) is 3.72. The zero-order valence-electron chi connectivity index (χ0n) is 11.2. The van der Waals surface area contributed by atoms with Gasteiger partial charge in [0.1, 0.15) is 11.9 Å². The third-order valence-corrected chi connectivity index (χ3v) is 4.01. The zero-order chi connectivity index (χ0) is 13.0. The number of hydrogen-bond donors (Lipinski definition) is 1. The van der Waals surface area contributed by atoms with E-state index in [1.807, 2.05) is 12.1 Å². The van der Waals surface area contributed by atoms with E-state index < -0.39 is 0 Å². The van der Waals surface area contributed by atoms with Gasteiger partial charge in [0.05, 0.1) is 5.02 Å². The number of rotatable bonds is 4. The van der Waals surface area contributed by atoms with Gasteiger partial charge in [0.25, 0.3) is 0 Å². The molecule has 1 aliphatic rings. The molecule has 100 valence electrons. The van der Waals surface area contributed by atoms with Crippen LogP contribution in [0.25, 0.3) is 0 Å². The molecule has 0 unspecified atom stereocenters. The van der Waals surface area contributed by atoms with Crippen molar-refractivity contribution in [1.29, 1.82) is 0 Å². The van der Waals surface area contributed by atoms with Crippen LogP contribution in [-0.4, -0.2) is 19.2 Å². The predicted molar refractivity (Wildman–Crippen MR) is 76.7 cm³/mol. The topological polar surface area (TPSA) is 21.3 Å². The quantitative estimate of drug-likeness (QED) is 0.891. The summed E-state index contributed by atoms with van der Waals surface area (Å²) >= 11 is 6.31. The van der Waals surface area contributed by atoms with Gasteiger partial charge in [0.15, 0.2) is 0 Å². The van der Waals surface area contributed by atoms with Gasteiger partial charge in [-0.05, 0) is 56.0 Å². The fraction of sp³-hybridized carbons (Fsp3) is 0.600. The Kier molecular flexibility index (Phi) is 4.90. The molecule has 3 heteroatoms. The van der Waals surface area contributed by atoms with Crippen LogP contribution in [0.4, 0.5) is 0 Å². The van der Waals surface area contributed by atoms with E-state index in [-0.39, 0.29) is 0 Å². The second-order valence-corrected chi connectivity index (χ2v) is 5.47. The molecule has 0 bridgehead atoms. The minimum Gasteiger partial charge on any atom is -0.489 e. The molecule has 0 spiro atoms. The van der Waals surface area contributed by atoms with Crippen LogP contribution in [-0.2, 0) is 0 Å². The van der Waals surface area contributed by atoms with E-state index in [0.717, 1.165) is 43.1 Å². The van der Waals surface area contributed by atoms with Crippen LogP contribution < -0.4 is 10.1 Å². The summed E-state index contributed by atoms with van der Waals surface area (Å²) in [6.07, 6.45) is 3.55. The molecule has 0 radical (unpaired) electrons. The number of piperidine rings is 1. The van der Waals surface area contributed by atoms with E-state index in [4.69, 9.17) is 16.3 Å². The van der Waals surface area contributed by atoms with E-state index in [1.165, 1.54) is 5.56 Å². The molecule has 0 aromatic heterocycles. The highest BCUT2D eigenvalue weighted by Gasteiger charge is 2.16. The molecule has 18 heavy (non-hydrogen) atoms. The zero-order valence-corrected chi connectivity index (χ0v) is 12.0. The van der Waals surface area contributed by atoms with E-state index in [2.05, 4.69) is 25.2 Å². The van der Waals surface area contributed by atoms with Gasteiger partial charge in [-0.2, -0.15) is 0 Å². The largest absolute Gasteiger partial charge is 0.489 e. The van der Waals surface area contributed by atoms with Gasteiger partial charge >= 0.3 is 0 Å². The number of ether oxygens (including phenoxy) is 1. The van der Waals surface area contributed by atoms with Gasteiger partial charge in [-0.1, -0.05) is 31.5 Å². The maximum absolute atomic E-state index is 6.31. The molecule has 0 aliphatic carbocycles. The normalized spacial score (nSPS) is 18.6. The van der Waals surface area contributed by atoms with Crippen molar-refractivity contribution >= 4 is 11.6 Å². The standard InChI is InChI=1S/C15H22ClNO/c1-3-11(2)12-4-5-15(14(16)10-12)18-13-6-8-17-9-7-13/h4-5,10-11,13,17H,3,6-9H2,1-2H3/t11-/m1/s1. The molecule has 1 aromatic carbocycles. The minimum atomic E-state index is 0.304. The number of benzene rings is 1. The lowest BCUT2D eigenvalue weighted by atomic mass is 9.99. The Morgan fingerprint density at radius 2 is 2.11 bits per heavy atom. The monoisotopic (exact) mass is 267 g/mol.